The molecule has 12 nitrogen and oxygen atoms in total. The smallest absolute Gasteiger partial charge is 0.328 e. The molecule has 2 amide bonds. The zero-order valence-corrected chi connectivity index (χ0v) is 23.8. The van der Waals surface area contributed by atoms with Crippen LogP contribution in [0.2, 0.25) is 0 Å². The summed E-state index contributed by atoms with van der Waals surface area (Å²) < 4.78 is 6.01. The largest absolute Gasteiger partial charge is 0.478 e. The number of aliphatic carboxylic acids is 2. The van der Waals surface area contributed by atoms with Crippen LogP contribution in [0.25, 0.3) is 0 Å². The number of ether oxygens (including phenoxy) is 1. The average molecular weight is 593 g/mol. The van der Waals surface area contributed by atoms with Crippen molar-refractivity contribution >= 4 is 35.5 Å². The van der Waals surface area contributed by atoms with Crippen molar-refractivity contribution in [2.75, 3.05) is 44.2 Å². The molecule has 1 unspecified atom stereocenters. The zero-order valence-electron chi connectivity index (χ0n) is 23.8. The number of esters is 1. The SMILES string of the molecule is O=C(O)C=CC(=O)O.O=C(OC(CN1CCN(c2ccccn2)CC1)CN1C(=O)c2ccccc2C1=O)C1CCCCC1. The number of amides is 2. The molecule has 0 spiro atoms. The van der Waals surface area contributed by atoms with Gasteiger partial charge in [0.15, 0.2) is 0 Å². The highest BCUT2D eigenvalue weighted by Gasteiger charge is 2.38. The summed E-state index contributed by atoms with van der Waals surface area (Å²) >= 11 is 0. The van der Waals surface area contributed by atoms with Crippen LogP contribution in [0.15, 0.2) is 60.8 Å². The van der Waals surface area contributed by atoms with E-state index in [1.165, 1.54) is 4.90 Å². The minimum atomic E-state index is -1.26. The number of carbonyl (C=O) groups is 5. The molecule has 2 N–H and O–H groups in total. The average Bonchev–Trinajstić information content (AvgIpc) is 3.26. The van der Waals surface area contributed by atoms with Crippen molar-refractivity contribution < 1.29 is 38.9 Å². The Kier molecular flexibility index (Phi) is 11.0. The Hall–Kier alpha value is -4.58. The van der Waals surface area contributed by atoms with Crippen molar-refractivity contribution in [2.45, 2.75) is 38.2 Å². The molecule has 228 valence electrons. The molecule has 12 heteroatoms. The summed E-state index contributed by atoms with van der Waals surface area (Å²) in [7, 11) is 0. The molecule has 1 saturated heterocycles. The fourth-order valence-corrected chi connectivity index (χ4v) is 5.47. The first kappa shape index (κ1) is 31.4. The molecule has 0 radical (unpaired) electrons. The monoisotopic (exact) mass is 592 g/mol. The van der Waals surface area contributed by atoms with E-state index in [-0.39, 0.29) is 30.2 Å². The van der Waals surface area contributed by atoms with E-state index in [4.69, 9.17) is 14.9 Å². The Balaban J connectivity index is 0.000000467. The number of carbonyl (C=O) groups excluding carboxylic acids is 3. The van der Waals surface area contributed by atoms with Gasteiger partial charge in [-0.3, -0.25) is 24.2 Å². The van der Waals surface area contributed by atoms with Crippen LogP contribution < -0.4 is 4.90 Å². The molecule has 3 aliphatic rings. The molecular weight excluding hydrogens is 556 g/mol. The van der Waals surface area contributed by atoms with Crippen LogP contribution in [0.3, 0.4) is 0 Å². The number of carboxylic acid groups (broad SMARTS) is 2. The Morgan fingerprint density at radius 2 is 1.42 bits per heavy atom. The van der Waals surface area contributed by atoms with E-state index in [2.05, 4.69) is 14.8 Å². The van der Waals surface area contributed by atoms with E-state index in [0.29, 0.717) is 29.8 Å². The maximum atomic E-state index is 13.0. The van der Waals surface area contributed by atoms with Crippen LogP contribution in [0, 0.1) is 5.92 Å². The normalized spacial score (nSPS) is 18.1. The molecule has 1 saturated carbocycles. The summed E-state index contributed by atoms with van der Waals surface area (Å²) in [5.74, 6) is -2.47. The summed E-state index contributed by atoms with van der Waals surface area (Å²) in [5, 5.41) is 15.6. The zero-order chi connectivity index (χ0) is 30.8. The number of anilines is 1. The van der Waals surface area contributed by atoms with Crippen molar-refractivity contribution in [1.29, 1.82) is 0 Å². The van der Waals surface area contributed by atoms with Crippen LogP contribution in [0.1, 0.15) is 52.8 Å². The number of rotatable bonds is 9. The second kappa shape index (κ2) is 15.1. The quantitative estimate of drug-likeness (QED) is 0.251. The lowest BCUT2D eigenvalue weighted by Crippen LogP contribution is -2.51. The number of pyridine rings is 1. The van der Waals surface area contributed by atoms with Gasteiger partial charge in [-0.15, -0.1) is 0 Å². The Labute approximate surface area is 249 Å². The molecule has 1 aliphatic carbocycles. The highest BCUT2D eigenvalue weighted by molar-refractivity contribution is 6.21. The number of aromatic nitrogens is 1. The number of fused-ring (bicyclic) bond motifs is 1. The molecule has 2 fully saturated rings. The molecule has 0 bridgehead atoms. The van der Waals surface area contributed by atoms with Gasteiger partial charge in [-0.25, -0.2) is 14.6 Å². The Bertz CT molecular complexity index is 1280. The van der Waals surface area contributed by atoms with Crippen molar-refractivity contribution in [3.63, 3.8) is 0 Å². The first-order valence-electron chi connectivity index (χ1n) is 14.4. The van der Waals surface area contributed by atoms with Crippen LogP contribution in [-0.4, -0.2) is 100 Å². The fraction of sp³-hybridized carbons (Fsp3) is 0.419. The molecule has 2 aliphatic heterocycles. The fourth-order valence-electron chi connectivity index (χ4n) is 5.47. The predicted molar refractivity (Wildman–Crippen MR) is 156 cm³/mol. The summed E-state index contributed by atoms with van der Waals surface area (Å²) in [4.78, 5) is 68.2. The van der Waals surface area contributed by atoms with Gasteiger partial charge in [-0.05, 0) is 37.1 Å². The number of piperazine rings is 1. The van der Waals surface area contributed by atoms with Gasteiger partial charge >= 0.3 is 17.9 Å². The van der Waals surface area contributed by atoms with Crippen molar-refractivity contribution in [3.8, 4) is 0 Å². The lowest BCUT2D eigenvalue weighted by atomic mass is 9.89. The minimum Gasteiger partial charge on any atom is -0.478 e. The molecule has 3 heterocycles. The number of nitrogens with zero attached hydrogens (tertiary/aromatic N) is 4. The van der Waals surface area contributed by atoms with Crippen LogP contribution in [0.5, 0.6) is 0 Å². The molecule has 43 heavy (non-hydrogen) atoms. The Morgan fingerprint density at radius 1 is 0.837 bits per heavy atom. The van der Waals surface area contributed by atoms with Gasteiger partial charge in [0.2, 0.25) is 0 Å². The number of imide groups is 1. The summed E-state index contributed by atoms with van der Waals surface area (Å²) in [6, 6.07) is 12.8. The van der Waals surface area contributed by atoms with Crippen molar-refractivity contribution in [1.82, 2.24) is 14.8 Å². The van der Waals surface area contributed by atoms with E-state index in [1.54, 1.807) is 30.5 Å². The predicted octanol–water partition coefficient (Wildman–Crippen LogP) is 2.70. The first-order valence-corrected chi connectivity index (χ1v) is 14.4. The second-order valence-electron chi connectivity index (χ2n) is 10.6. The van der Waals surface area contributed by atoms with Crippen molar-refractivity contribution in [2.24, 2.45) is 5.92 Å². The van der Waals surface area contributed by atoms with Crippen molar-refractivity contribution in [3.05, 3.63) is 71.9 Å². The lowest BCUT2D eigenvalue weighted by molar-refractivity contribution is -0.156. The van der Waals surface area contributed by atoms with Gasteiger partial charge in [-0.1, -0.05) is 37.5 Å². The van der Waals surface area contributed by atoms with E-state index in [0.717, 1.165) is 64.1 Å². The molecule has 1 aromatic heterocycles. The van der Waals surface area contributed by atoms with Gasteiger partial charge in [0.1, 0.15) is 11.9 Å². The van der Waals surface area contributed by atoms with Gasteiger partial charge in [-0.2, -0.15) is 0 Å². The summed E-state index contributed by atoms with van der Waals surface area (Å²) in [6.45, 7) is 3.76. The first-order chi connectivity index (χ1) is 20.7. The number of benzene rings is 1. The van der Waals surface area contributed by atoms with Gasteiger partial charge in [0.25, 0.3) is 11.8 Å². The molecule has 1 aromatic carbocycles. The highest BCUT2D eigenvalue weighted by Crippen LogP contribution is 2.27. The standard InChI is InChI=1S/C27H32N4O4.C4H4O4/c32-25-22-10-4-5-11-23(22)26(33)31(25)19-21(35-27(34)20-8-2-1-3-9-20)18-29-14-16-30(17-15-29)24-12-6-7-13-28-24;5-3(6)1-2-4(7)8/h4-7,10-13,20-21H,1-3,8-9,14-19H2;1-2H,(H,5,6)(H,7,8). The summed E-state index contributed by atoms with van der Waals surface area (Å²) in [6.07, 6.45) is 7.28. The topological polar surface area (TPSA) is 158 Å². The third kappa shape index (κ3) is 8.71. The number of carboxylic acids is 2. The third-order valence-electron chi connectivity index (χ3n) is 7.66. The number of hydrogen-bond donors (Lipinski definition) is 2. The summed E-state index contributed by atoms with van der Waals surface area (Å²) in [5.41, 5.74) is 0.831. The van der Waals surface area contributed by atoms with Crippen LogP contribution in [0.4, 0.5) is 5.82 Å². The van der Waals surface area contributed by atoms with Gasteiger partial charge in [0, 0.05) is 51.1 Å². The highest BCUT2D eigenvalue weighted by atomic mass is 16.5. The van der Waals surface area contributed by atoms with E-state index >= 15 is 0 Å². The third-order valence-corrected chi connectivity index (χ3v) is 7.66. The molecule has 2 aromatic rings. The van der Waals surface area contributed by atoms with Crippen LogP contribution >= 0.6 is 0 Å². The van der Waals surface area contributed by atoms with Gasteiger partial charge in [0.05, 0.1) is 23.6 Å². The van der Waals surface area contributed by atoms with Gasteiger partial charge < -0.3 is 19.8 Å². The molecular formula is C31H36N4O8. The molecule has 1 atom stereocenters. The van der Waals surface area contributed by atoms with E-state index in [9.17, 15) is 24.0 Å². The molecule has 5 rings (SSSR count). The lowest BCUT2D eigenvalue weighted by Gasteiger charge is -2.37. The maximum absolute atomic E-state index is 13.0. The van der Waals surface area contributed by atoms with E-state index in [1.807, 2.05) is 18.2 Å². The number of hydrogen-bond acceptors (Lipinski definition) is 9. The van der Waals surface area contributed by atoms with Crippen LogP contribution in [-0.2, 0) is 19.1 Å². The Morgan fingerprint density at radius 3 is 1.95 bits per heavy atom. The second-order valence-corrected chi connectivity index (χ2v) is 10.6. The maximum Gasteiger partial charge on any atom is 0.328 e. The van der Waals surface area contributed by atoms with E-state index < -0.39 is 18.0 Å². The minimum absolute atomic E-state index is 0.0747.